The molecule has 102 valence electrons. The normalized spacial score (nSPS) is 31.6. The minimum absolute atomic E-state index is 0.0437. The number of rotatable bonds is 5. The van der Waals surface area contributed by atoms with Crippen molar-refractivity contribution >= 4 is 11.9 Å². The lowest BCUT2D eigenvalue weighted by atomic mass is 9.88. The van der Waals surface area contributed by atoms with Gasteiger partial charge in [-0.3, -0.25) is 4.79 Å². The number of hydrogen-bond acceptors (Lipinski definition) is 3. The fourth-order valence-corrected chi connectivity index (χ4v) is 3.09. The Morgan fingerprint density at radius 3 is 2.56 bits per heavy atom. The first kappa shape index (κ1) is 13.3. The first-order valence-corrected chi connectivity index (χ1v) is 6.76. The van der Waals surface area contributed by atoms with E-state index in [0.717, 1.165) is 19.3 Å². The first-order valence-electron chi connectivity index (χ1n) is 6.76. The SMILES string of the molecule is CC(C)C[C@H](NC(=O)C1CC2CCC1N2)C(=O)O. The molecule has 3 N–H and O–H groups in total. The molecule has 1 amide bonds. The molecule has 0 saturated carbocycles. The molecule has 0 aromatic rings. The average molecular weight is 254 g/mol. The molecule has 5 heteroatoms. The molecule has 0 aromatic heterocycles. The number of carboxylic acids is 1. The predicted octanol–water partition coefficient (Wildman–Crippen LogP) is 0.742. The third-order valence-corrected chi connectivity index (χ3v) is 3.96. The molecule has 2 saturated heterocycles. The highest BCUT2D eigenvalue weighted by atomic mass is 16.4. The van der Waals surface area contributed by atoms with Crippen LogP contribution in [0.4, 0.5) is 0 Å². The van der Waals surface area contributed by atoms with Gasteiger partial charge < -0.3 is 15.7 Å². The predicted molar refractivity (Wildman–Crippen MR) is 67.1 cm³/mol. The van der Waals surface area contributed by atoms with Gasteiger partial charge in [0.2, 0.25) is 5.91 Å². The van der Waals surface area contributed by atoms with Crippen molar-refractivity contribution in [2.24, 2.45) is 11.8 Å². The van der Waals surface area contributed by atoms with Gasteiger partial charge in [-0.15, -0.1) is 0 Å². The maximum Gasteiger partial charge on any atom is 0.326 e. The van der Waals surface area contributed by atoms with Gasteiger partial charge in [0, 0.05) is 12.1 Å². The Hall–Kier alpha value is -1.10. The highest BCUT2D eigenvalue weighted by Gasteiger charge is 2.43. The van der Waals surface area contributed by atoms with Gasteiger partial charge in [0.15, 0.2) is 0 Å². The van der Waals surface area contributed by atoms with Crippen LogP contribution in [0.2, 0.25) is 0 Å². The lowest BCUT2D eigenvalue weighted by molar-refractivity contribution is -0.143. The maximum atomic E-state index is 12.1. The van der Waals surface area contributed by atoms with Gasteiger partial charge in [0.05, 0.1) is 5.92 Å². The smallest absolute Gasteiger partial charge is 0.326 e. The maximum absolute atomic E-state index is 12.1. The van der Waals surface area contributed by atoms with Crippen LogP contribution in [0, 0.1) is 11.8 Å². The molecule has 3 unspecified atom stereocenters. The molecule has 18 heavy (non-hydrogen) atoms. The summed E-state index contributed by atoms with van der Waals surface area (Å²) in [6, 6.07) is -0.0424. The molecule has 0 spiro atoms. The number of nitrogens with one attached hydrogen (secondary N) is 2. The molecule has 0 aromatic carbocycles. The summed E-state index contributed by atoms with van der Waals surface area (Å²) < 4.78 is 0. The summed E-state index contributed by atoms with van der Waals surface area (Å²) >= 11 is 0. The van der Waals surface area contributed by atoms with Crippen molar-refractivity contribution in [3.05, 3.63) is 0 Å². The summed E-state index contributed by atoms with van der Waals surface area (Å²) in [4.78, 5) is 23.2. The number of carbonyl (C=O) groups excluding carboxylic acids is 1. The van der Waals surface area contributed by atoms with Gasteiger partial charge in [-0.25, -0.2) is 4.79 Å². The van der Waals surface area contributed by atoms with E-state index in [9.17, 15) is 9.59 Å². The van der Waals surface area contributed by atoms with Crippen LogP contribution < -0.4 is 10.6 Å². The molecule has 2 aliphatic rings. The van der Waals surface area contributed by atoms with Gasteiger partial charge in [-0.2, -0.15) is 0 Å². The summed E-state index contributed by atoms with van der Waals surface area (Å²) in [5.41, 5.74) is 0. The van der Waals surface area contributed by atoms with E-state index in [1.807, 2.05) is 13.8 Å². The Labute approximate surface area is 107 Å². The molecule has 0 aliphatic carbocycles. The Bertz CT molecular complexity index is 343. The van der Waals surface area contributed by atoms with E-state index >= 15 is 0 Å². The number of amides is 1. The van der Waals surface area contributed by atoms with E-state index in [-0.39, 0.29) is 23.8 Å². The Morgan fingerprint density at radius 2 is 2.11 bits per heavy atom. The van der Waals surface area contributed by atoms with E-state index in [0.29, 0.717) is 12.5 Å². The Balaban J connectivity index is 1.91. The number of aliphatic carboxylic acids is 1. The van der Waals surface area contributed by atoms with Crippen LogP contribution in [0.1, 0.15) is 39.5 Å². The van der Waals surface area contributed by atoms with E-state index in [1.165, 1.54) is 0 Å². The van der Waals surface area contributed by atoms with E-state index < -0.39 is 12.0 Å². The molecule has 2 heterocycles. The molecule has 0 radical (unpaired) electrons. The molecule has 2 aliphatic heterocycles. The van der Waals surface area contributed by atoms with Crippen molar-refractivity contribution in [2.45, 2.75) is 57.7 Å². The van der Waals surface area contributed by atoms with Gasteiger partial charge in [0.1, 0.15) is 6.04 Å². The minimum atomic E-state index is -0.937. The number of carboxylic acid groups (broad SMARTS) is 1. The zero-order chi connectivity index (χ0) is 13.3. The third-order valence-electron chi connectivity index (χ3n) is 3.96. The summed E-state index contributed by atoms with van der Waals surface area (Å²) in [7, 11) is 0. The summed E-state index contributed by atoms with van der Waals surface area (Å²) in [6.45, 7) is 3.92. The van der Waals surface area contributed by atoms with Crippen LogP contribution in [0.5, 0.6) is 0 Å². The number of fused-ring (bicyclic) bond motifs is 2. The fraction of sp³-hybridized carbons (Fsp3) is 0.846. The monoisotopic (exact) mass is 254 g/mol. The van der Waals surface area contributed by atoms with Gasteiger partial charge in [-0.1, -0.05) is 13.8 Å². The zero-order valence-corrected chi connectivity index (χ0v) is 11.0. The van der Waals surface area contributed by atoms with Gasteiger partial charge in [0.25, 0.3) is 0 Å². The van der Waals surface area contributed by atoms with Crippen LogP contribution in [0.15, 0.2) is 0 Å². The topological polar surface area (TPSA) is 78.4 Å². The highest BCUT2D eigenvalue weighted by molar-refractivity contribution is 5.85. The van der Waals surface area contributed by atoms with Crippen LogP contribution in [-0.2, 0) is 9.59 Å². The minimum Gasteiger partial charge on any atom is -0.480 e. The Morgan fingerprint density at radius 1 is 1.39 bits per heavy atom. The molecular weight excluding hydrogens is 232 g/mol. The van der Waals surface area contributed by atoms with Crippen molar-refractivity contribution in [1.29, 1.82) is 0 Å². The van der Waals surface area contributed by atoms with Crippen molar-refractivity contribution in [1.82, 2.24) is 10.6 Å². The van der Waals surface area contributed by atoms with Crippen molar-refractivity contribution in [3.8, 4) is 0 Å². The number of carbonyl (C=O) groups is 2. The lowest BCUT2D eigenvalue weighted by Gasteiger charge is -2.23. The van der Waals surface area contributed by atoms with Gasteiger partial charge >= 0.3 is 5.97 Å². The lowest BCUT2D eigenvalue weighted by Crippen LogP contribution is -2.46. The van der Waals surface area contributed by atoms with Crippen molar-refractivity contribution < 1.29 is 14.7 Å². The van der Waals surface area contributed by atoms with E-state index in [4.69, 9.17) is 5.11 Å². The summed E-state index contributed by atoms with van der Waals surface area (Å²) in [6.07, 6.45) is 3.51. The van der Waals surface area contributed by atoms with Crippen LogP contribution in [-0.4, -0.2) is 35.1 Å². The molecule has 2 fully saturated rings. The molecule has 2 bridgehead atoms. The summed E-state index contributed by atoms with van der Waals surface area (Å²) in [5, 5.41) is 15.2. The van der Waals surface area contributed by atoms with Crippen molar-refractivity contribution in [3.63, 3.8) is 0 Å². The third kappa shape index (κ3) is 2.83. The Kier molecular flexibility index (Phi) is 3.90. The molecular formula is C13H22N2O3. The van der Waals surface area contributed by atoms with Crippen LogP contribution in [0.25, 0.3) is 0 Å². The molecule has 5 nitrogen and oxygen atoms in total. The average Bonchev–Trinajstić information content (AvgIpc) is 2.88. The second-order valence-corrected chi connectivity index (χ2v) is 5.92. The largest absolute Gasteiger partial charge is 0.480 e. The van der Waals surface area contributed by atoms with Crippen LogP contribution >= 0.6 is 0 Å². The second kappa shape index (κ2) is 5.26. The van der Waals surface area contributed by atoms with E-state index in [1.54, 1.807) is 0 Å². The quantitative estimate of drug-likeness (QED) is 0.676. The second-order valence-electron chi connectivity index (χ2n) is 5.92. The summed E-state index contributed by atoms with van der Waals surface area (Å²) in [5.74, 6) is -0.821. The van der Waals surface area contributed by atoms with Crippen molar-refractivity contribution in [2.75, 3.05) is 0 Å². The molecule has 4 atom stereocenters. The molecule has 2 rings (SSSR count). The first-order chi connectivity index (χ1) is 8.47. The highest BCUT2D eigenvalue weighted by Crippen LogP contribution is 2.33. The number of hydrogen-bond donors (Lipinski definition) is 3. The van der Waals surface area contributed by atoms with Crippen LogP contribution in [0.3, 0.4) is 0 Å². The van der Waals surface area contributed by atoms with E-state index in [2.05, 4.69) is 10.6 Å². The van der Waals surface area contributed by atoms with Gasteiger partial charge in [-0.05, 0) is 31.6 Å². The fourth-order valence-electron chi connectivity index (χ4n) is 3.09. The standard InChI is InChI=1S/C13H22N2O3/c1-7(2)5-11(13(17)18)15-12(16)9-6-8-3-4-10(9)14-8/h7-11,14H,3-6H2,1-2H3,(H,15,16)(H,17,18)/t8?,9?,10?,11-/m0/s1. The zero-order valence-electron chi connectivity index (χ0n) is 11.0.